The molecule has 32 heavy (non-hydrogen) atoms. The van der Waals surface area contributed by atoms with Gasteiger partial charge in [-0.15, -0.1) is 10.2 Å². The standard InChI is InChI=1S/C23H18ClFN6O/c1-3-32-20-10-7-15(13-26-20)14-5-4-6-17(11-14)30(2)21-18-12-16(25)8-9-19(18)31-22(24)28-29-23(31)27-21/h4-13H,3H2,1-2H3. The molecule has 5 aromatic rings. The highest BCUT2D eigenvalue weighted by Crippen LogP contribution is 2.33. The van der Waals surface area contributed by atoms with E-state index in [1.54, 1.807) is 16.7 Å². The molecule has 0 atom stereocenters. The summed E-state index contributed by atoms with van der Waals surface area (Å²) in [6.07, 6.45) is 1.78. The zero-order valence-corrected chi connectivity index (χ0v) is 18.1. The number of rotatable bonds is 5. The first-order chi connectivity index (χ1) is 15.5. The molecule has 5 rings (SSSR count). The number of aromatic nitrogens is 5. The summed E-state index contributed by atoms with van der Waals surface area (Å²) in [7, 11) is 1.87. The highest BCUT2D eigenvalue weighted by Gasteiger charge is 2.17. The van der Waals surface area contributed by atoms with Gasteiger partial charge in [0, 0.05) is 35.9 Å². The number of fused-ring (bicyclic) bond motifs is 3. The van der Waals surface area contributed by atoms with E-state index in [-0.39, 0.29) is 11.1 Å². The maximum Gasteiger partial charge on any atom is 0.258 e. The van der Waals surface area contributed by atoms with Crippen LogP contribution in [0.2, 0.25) is 5.28 Å². The lowest BCUT2D eigenvalue weighted by molar-refractivity contribution is 0.327. The first kappa shape index (κ1) is 20.1. The van der Waals surface area contributed by atoms with E-state index >= 15 is 0 Å². The van der Waals surface area contributed by atoms with Crippen molar-refractivity contribution in [1.29, 1.82) is 0 Å². The number of pyridine rings is 1. The summed E-state index contributed by atoms with van der Waals surface area (Å²) in [5.74, 6) is 1.09. The number of nitrogens with zero attached hydrogens (tertiary/aromatic N) is 6. The summed E-state index contributed by atoms with van der Waals surface area (Å²) < 4.78 is 21.2. The van der Waals surface area contributed by atoms with Gasteiger partial charge in [-0.05, 0) is 60.5 Å². The Labute approximate surface area is 188 Å². The molecule has 2 aromatic carbocycles. The fourth-order valence-corrected chi connectivity index (χ4v) is 3.84. The third-order valence-electron chi connectivity index (χ3n) is 5.17. The third-order valence-corrected chi connectivity index (χ3v) is 5.41. The van der Waals surface area contributed by atoms with Crippen LogP contribution in [0, 0.1) is 5.82 Å². The van der Waals surface area contributed by atoms with Gasteiger partial charge in [0.1, 0.15) is 11.6 Å². The van der Waals surface area contributed by atoms with Gasteiger partial charge in [-0.1, -0.05) is 12.1 Å². The van der Waals surface area contributed by atoms with E-state index in [9.17, 15) is 4.39 Å². The molecule has 0 N–H and O–H groups in total. The zero-order chi connectivity index (χ0) is 22.2. The minimum absolute atomic E-state index is 0.170. The summed E-state index contributed by atoms with van der Waals surface area (Å²) in [5.41, 5.74) is 3.46. The monoisotopic (exact) mass is 448 g/mol. The average molecular weight is 449 g/mol. The normalized spacial score (nSPS) is 11.2. The molecular formula is C23H18ClFN6O. The van der Waals surface area contributed by atoms with Gasteiger partial charge in [-0.2, -0.15) is 4.98 Å². The van der Waals surface area contributed by atoms with Crippen LogP contribution in [-0.4, -0.2) is 38.2 Å². The number of anilines is 2. The van der Waals surface area contributed by atoms with Crippen molar-refractivity contribution in [2.75, 3.05) is 18.6 Å². The van der Waals surface area contributed by atoms with Crippen molar-refractivity contribution in [1.82, 2.24) is 24.6 Å². The molecule has 3 aromatic heterocycles. The smallest absolute Gasteiger partial charge is 0.258 e. The van der Waals surface area contributed by atoms with Gasteiger partial charge in [-0.25, -0.2) is 13.8 Å². The van der Waals surface area contributed by atoms with E-state index in [0.717, 1.165) is 16.8 Å². The maximum atomic E-state index is 14.1. The van der Waals surface area contributed by atoms with Crippen LogP contribution >= 0.6 is 11.6 Å². The molecule has 0 amide bonds. The summed E-state index contributed by atoms with van der Waals surface area (Å²) >= 11 is 6.19. The van der Waals surface area contributed by atoms with Crippen molar-refractivity contribution in [3.63, 3.8) is 0 Å². The van der Waals surface area contributed by atoms with E-state index < -0.39 is 0 Å². The quantitative estimate of drug-likeness (QED) is 0.363. The lowest BCUT2D eigenvalue weighted by Gasteiger charge is -2.21. The van der Waals surface area contributed by atoms with Crippen molar-refractivity contribution < 1.29 is 9.13 Å². The third kappa shape index (κ3) is 3.48. The Bertz CT molecular complexity index is 1440. The van der Waals surface area contributed by atoms with Crippen molar-refractivity contribution in [3.05, 3.63) is 71.9 Å². The Morgan fingerprint density at radius 2 is 1.94 bits per heavy atom. The van der Waals surface area contributed by atoms with Gasteiger partial charge >= 0.3 is 0 Å². The van der Waals surface area contributed by atoms with Crippen molar-refractivity contribution in [2.45, 2.75) is 6.92 Å². The molecule has 0 spiro atoms. The van der Waals surface area contributed by atoms with Crippen LogP contribution < -0.4 is 9.64 Å². The SMILES string of the molecule is CCOc1ccc(-c2cccc(N(C)c3nc4nnc(Cl)n4c4ccc(F)cc34)c2)cn1. The number of hydrogen-bond acceptors (Lipinski definition) is 6. The molecule has 9 heteroatoms. The van der Waals surface area contributed by atoms with Gasteiger partial charge in [0.2, 0.25) is 11.2 Å². The molecule has 0 aliphatic carbocycles. The molecule has 0 radical (unpaired) electrons. The van der Waals surface area contributed by atoms with Crippen LogP contribution in [0.25, 0.3) is 27.8 Å². The second-order valence-electron chi connectivity index (χ2n) is 7.13. The van der Waals surface area contributed by atoms with Crippen LogP contribution in [0.4, 0.5) is 15.9 Å². The molecule has 7 nitrogen and oxygen atoms in total. The van der Waals surface area contributed by atoms with Crippen LogP contribution in [0.1, 0.15) is 6.92 Å². The minimum atomic E-state index is -0.369. The van der Waals surface area contributed by atoms with E-state index in [1.165, 1.54) is 12.1 Å². The fourth-order valence-electron chi connectivity index (χ4n) is 3.63. The van der Waals surface area contributed by atoms with Gasteiger partial charge in [0.05, 0.1) is 12.1 Å². The van der Waals surface area contributed by atoms with Crippen molar-refractivity contribution in [3.8, 4) is 17.0 Å². The van der Waals surface area contributed by atoms with E-state index in [4.69, 9.17) is 16.3 Å². The summed E-state index contributed by atoms with van der Waals surface area (Å²) in [6, 6.07) is 16.2. The van der Waals surface area contributed by atoms with Crippen LogP contribution in [0.15, 0.2) is 60.8 Å². The van der Waals surface area contributed by atoms with Crippen LogP contribution in [0.3, 0.4) is 0 Å². The molecule has 3 heterocycles. The number of benzene rings is 2. The minimum Gasteiger partial charge on any atom is -0.478 e. The van der Waals surface area contributed by atoms with Gasteiger partial charge in [0.15, 0.2) is 0 Å². The van der Waals surface area contributed by atoms with Crippen LogP contribution in [-0.2, 0) is 0 Å². The predicted molar refractivity (Wildman–Crippen MR) is 122 cm³/mol. The molecule has 0 saturated heterocycles. The summed E-state index contributed by atoms with van der Waals surface area (Å²) in [4.78, 5) is 10.8. The Morgan fingerprint density at radius 1 is 1.06 bits per heavy atom. The second kappa shape index (κ2) is 8.05. The van der Waals surface area contributed by atoms with Gasteiger partial charge in [0.25, 0.3) is 5.78 Å². The number of hydrogen-bond donors (Lipinski definition) is 0. The molecular weight excluding hydrogens is 431 g/mol. The topological polar surface area (TPSA) is 68.4 Å². The molecule has 160 valence electrons. The van der Waals surface area contributed by atoms with E-state index in [1.807, 2.05) is 55.3 Å². The van der Waals surface area contributed by atoms with Gasteiger partial charge in [-0.3, -0.25) is 0 Å². The summed E-state index contributed by atoms with van der Waals surface area (Å²) in [6.45, 7) is 2.49. The number of ether oxygens (including phenoxy) is 1. The van der Waals surface area contributed by atoms with Crippen LogP contribution in [0.5, 0.6) is 5.88 Å². The van der Waals surface area contributed by atoms with E-state index in [2.05, 4.69) is 20.2 Å². The van der Waals surface area contributed by atoms with Crippen molar-refractivity contribution in [2.24, 2.45) is 0 Å². The van der Waals surface area contributed by atoms with Crippen molar-refractivity contribution >= 4 is 39.8 Å². The molecule has 0 saturated carbocycles. The van der Waals surface area contributed by atoms with E-state index in [0.29, 0.717) is 35.0 Å². The Balaban J connectivity index is 1.60. The van der Waals surface area contributed by atoms with Gasteiger partial charge < -0.3 is 9.64 Å². The molecule has 0 aliphatic heterocycles. The largest absolute Gasteiger partial charge is 0.478 e. The lowest BCUT2D eigenvalue weighted by atomic mass is 10.1. The lowest BCUT2D eigenvalue weighted by Crippen LogP contribution is -2.13. The maximum absolute atomic E-state index is 14.1. The second-order valence-corrected chi connectivity index (χ2v) is 7.47. The Kier molecular flexibility index (Phi) is 5.07. The Hall–Kier alpha value is -3.78. The fraction of sp³-hybridized carbons (Fsp3) is 0.130. The predicted octanol–water partition coefficient (Wildman–Crippen LogP) is 5.30. The molecule has 0 unspecified atom stereocenters. The first-order valence-corrected chi connectivity index (χ1v) is 10.4. The molecule has 0 bridgehead atoms. The first-order valence-electron chi connectivity index (χ1n) is 9.98. The molecule has 0 fully saturated rings. The average Bonchev–Trinajstić information content (AvgIpc) is 3.19. The summed E-state index contributed by atoms with van der Waals surface area (Å²) in [5, 5.41) is 8.71. The number of halogens is 2. The highest BCUT2D eigenvalue weighted by atomic mass is 35.5. The highest BCUT2D eigenvalue weighted by molar-refractivity contribution is 6.29. The Morgan fingerprint density at radius 3 is 2.72 bits per heavy atom. The zero-order valence-electron chi connectivity index (χ0n) is 17.3. The molecule has 0 aliphatic rings.